The molecule has 1 aromatic rings. The molecule has 0 saturated heterocycles. The fourth-order valence-corrected chi connectivity index (χ4v) is 1.87. The minimum Gasteiger partial charge on any atom is -0.548 e. The summed E-state index contributed by atoms with van der Waals surface area (Å²) in [6.07, 6.45) is -0.810. The van der Waals surface area contributed by atoms with Crippen molar-refractivity contribution in [1.82, 2.24) is 5.32 Å². The van der Waals surface area contributed by atoms with Gasteiger partial charge in [-0.2, -0.15) is 0 Å². The van der Waals surface area contributed by atoms with E-state index in [2.05, 4.69) is 5.32 Å². The van der Waals surface area contributed by atoms with Crippen molar-refractivity contribution in [3.8, 4) is 0 Å². The third kappa shape index (κ3) is 6.23. The van der Waals surface area contributed by atoms with Crippen LogP contribution in [0.5, 0.6) is 0 Å². The zero-order valence-corrected chi connectivity index (χ0v) is 13.4. The van der Waals surface area contributed by atoms with Gasteiger partial charge in [0.1, 0.15) is 5.60 Å². The number of aliphatic carboxylic acids is 1. The standard InChI is InChI=1S/C14H17Cl2NO4/c1-14(2,3)21-13(20)17-11(12(18)19)7-8-4-5-9(15)10(16)6-8/h4-6,11H,7H2,1-3H3,(H,17,20)(H,18,19)/p-1/t11-/m0/s1. The van der Waals surface area contributed by atoms with E-state index in [9.17, 15) is 14.7 Å². The average Bonchev–Trinajstić information content (AvgIpc) is 2.30. The van der Waals surface area contributed by atoms with Crippen molar-refractivity contribution < 1.29 is 19.4 Å². The minimum atomic E-state index is -1.41. The van der Waals surface area contributed by atoms with Crippen molar-refractivity contribution >= 4 is 35.3 Å². The van der Waals surface area contributed by atoms with Crippen LogP contribution in [0.1, 0.15) is 26.3 Å². The number of benzene rings is 1. The van der Waals surface area contributed by atoms with Crippen LogP contribution in [0.4, 0.5) is 4.79 Å². The number of ether oxygens (including phenoxy) is 1. The lowest BCUT2D eigenvalue weighted by molar-refractivity contribution is -0.308. The topological polar surface area (TPSA) is 78.5 Å². The third-order valence-corrected chi connectivity index (χ3v) is 3.14. The van der Waals surface area contributed by atoms with Gasteiger partial charge in [-0.1, -0.05) is 29.3 Å². The van der Waals surface area contributed by atoms with Crippen molar-refractivity contribution in [3.05, 3.63) is 33.8 Å². The molecule has 0 aliphatic heterocycles. The van der Waals surface area contributed by atoms with E-state index in [4.69, 9.17) is 27.9 Å². The predicted octanol–water partition coefficient (Wildman–Crippen LogP) is 2.18. The molecule has 7 heteroatoms. The van der Waals surface area contributed by atoms with E-state index in [1.165, 1.54) is 6.07 Å². The maximum Gasteiger partial charge on any atom is 0.408 e. The number of hydrogen-bond acceptors (Lipinski definition) is 4. The molecule has 1 rings (SSSR count). The van der Waals surface area contributed by atoms with Crippen LogP contribution in [0.15, 0.2) is 18.2 Å². The van der Waals surface area contributed by atoms with Crippen LogP contribution in [0, 0.1) is 0 Å². The number of carbonyl (C=O) groups excluding carboxylic acids is 2. The molecule has 5 nitrogen and oxygen atoms in total. The largest absolute Gasteiger partial charge is 0.548 e. The molecule has 0 radical (unpaired) electrons. The highest BCUT2D eigenvalue weighted by molar-refractivity contribution is 6.42. The van der Waals surface area contributed by atoms with Crippen molar-refractivity contribution in [2.24, 2.45) is 0 Å². The molecular weight excluding hydrogens is 317 g/mol. The van der Waals surface area contributed by atoms with E-state index >= 15 is 0 Å². The Hall–Kier alpha value is -1.46. The highest BCUT2D eigenvalue weighted by Gasteiger charge is 2.20. The quantitative estimate of drug-likeness (QED) is 0.916. The SMILES string of the molecule is CC(C)(C)OC(=O)N[C@@H](Cc1ccc(Cl)c(Cl)c1)C(=O)[O-]. The minimum absolute atomic E-state index is 0.0124. The van der Waals surface area contributed by atoms with Crippen molar-refractivity contribution in [2.45, 2.75) is 38.8 Å². The number of carboxylic acid groups (broad SMARTS) is 1. The van der Waals surface area contributed by atoms with Crippen LogP contribution in [0.25, 0.3) is 0 Å². The molecule has 0 spiro atoms. The molecule has 0 fully saturated rings. The summed E-state index contributed by atoms with van der Waals surface area (Å²) in [7, 11) is 0. The van der Waals surface area contributed by atoms with Crippen LogP contribution >= 0.6 is 23.2 Å². The Bertz CT molecular complexity index is 540. The van der Waals surface area contributed by atoms with Gasteiger partial charge in [0.25, 0.3) is 0 Å². The highest BCUT2D eigenvalue weighted by atomic mass is 35.5. The summed E-state index contributed by atoms with van der Waals surface area (Å²) in [6, 6.07) is 3.49. The molecule has 1 atom stereocenters. The molecule has 1 N–H and O–H groups in total. The summed E-state index contributed by atoms with van der Waals surface area (Å²) in [4.78, 5) is 22.7. The lowest BCUT2D eigenvalue weighted by atomic mass is 10.1. The van der Waals surface area contributed by atoms with E-state index in [-0.39, 0.29) is 6.42 Å². The van der Waals surface area contributed by atoms with E-state index in [1.54, 1.807) is 32.9 Å². The van der Waals surface area contributed by atoms with E-state index in [0.29, 0.717) is 15.6 Å². The summed E-state index contributed by atoms with van der Waals surface area (Å²) < 4.78 is 5.01. The van der Waals surface area contributed by atoms with Crippen LogP contribution in [-0.4, -0.2) is 23.7 Å². The van der Waals surface area contributed by atoms with Gasteiger partial charge in [0.2, 0.25) is 0 Å². The third-order valence-electron chi connectivity index (χ3n) is 2.40. The maximum atomic E-state index is 11.6. The number of alkyl carbamates (subject to hydrolysis) is 1. The monoisotopic (exact) mass is 332 g/mol. The number of halogens is 2. The second-order valence-corrected chi connectivity index (χ2v) is 6.28. The summed E-state index contributed by atoms with van der Waals surface area (Å²) in [5.41, 5.74) is -0.112. The van der Waals surface area contributed by atoms with Gasteiger partial charge in [0, 0.05) is 0 Å². The number of carboxylic acids is 1. The number of carbonyl (C=O) groups is 2. The van der Waals surface area contributed by atoms with Gasteiger partial charge in [-0.25, -0.2) is 4.79 Å². The average molecular weight is 333 g/mol. The second-order valence-electron chi connectivity index (χ2n) is 5.47. The molecule has 0 unspecified atom stereocenters. The maximum absolute atomic E-state index is 11.6. The fraction of sp³-hybridized carbons (Fsp3) is 0.429. The van der Waals surface area contributed by atoms with Crippen LogP contribution < -0.4 is 10.4 Å². The molecule has 116 valence electrons. The van der Waals surface area contributed by atoms with Gasteiger partial charge in [0.15, 0.2) is 0 Å². The number of rotatable bonds is 4. The molecule has 0 aromatic heterocycles. The lowest BCUT2D eigenvalue weighted by Gasteiger charge is -2.24. The first-order valence-electron chi connectivity index (χ1n) is 6.23. The number of nitrogens with one attached hydrogen (secondary N) is 1. The fourth-order valence-electron chi connectivity index (χ4n) is 1.55. The van der Waals surface area contributed by atoms with E-state index < -0.39 is 23.7 Å². The summed E-state index contributed by atoms with van der Waals surface area (Å²) in [6.45, 7) is 5.04. The molecule has 21 heavy (non-hydrogen) atoms. The highest BCUT2D eigenvalue weighted by Crippen LogP contribution is 2.23. The van der Waals surface area contributed by atoms with Crippen molar-refractivity contribution in [2.75, 3.05) is 0 Å². The Morgan fingerprint density at radius 1 is 1.29 bits per heavy atom. The smallest absolute Gasteiger partial charge is 0.408 e. The molecule has 0 heterocycles. The van der Waals surface area contributed by atoms with E-state index in [1.807, 2.05) is 0 Å². The molecule has 0 aliphatic rings. The Morgan fingerprint density at radius 2 is 1.90 bits per heavy atom. The zero-order valence-electron chi connectivity index (χ0n) is 11.9. The predicted molar refractivity (Wildman–Crippen MR) is 78.3 cm³/mol. The summed E-state index contributed by atoms with van der Waals surface area (Å²) in [5, 5.41) is 14.0. The summed E-state index contributed by atoms with van der Waals surface area (Å²) in [5.74, 6) is -1.41. The Labute approximate surface area is 133 Å². The second kappa shape index (κ2) is 7.00. The lowest BCUT2D eigenvalue weighted by Crippen LogP contribution is -2.50. The molecule has 0 aliphatic carbocycles. The number of amides is 1. The Morgan fingerprint density at radius 3 is 2.38 bits per heavy atom. The van der Waals surface area contributed by atoms with Crippen molar-refractivity contribution in [3.63, 3.8) is 0 Å². The normalized spacial score (nSPS) is 12.6. The van der Waals surface area contributed by atoms with Gasteiger partial charge in [0.05, 0.1) is 22.1 Å². The van der Waals surface area contributed by atoms with E-state index in [0.717, 1.165) is 0 Å². The zero-order chi connectivity index (χ0) is 16.2. The van der Waals surface area contributed by atoms with Gasteiger partial charge in [-0.3, -0.25) is 0 Å². The van der Waals surface area contributed by atoms with Crippen LogP contribution in [0.3, 0.4) is 0 Å². The van der Waals surface area contributed by atoms with Gasteiger partial charge < -0.3 is 20.0 Å². The molecule has 0 saturated carbocycles. The first-order valence-corrected chi connectivity index (χ1v) is 6.98. The van der Waals surface area contributed by atoms with Gasteiger partial charge >= 0.3 is 6.09 Å². The Balaban J connectivity index is 2.76. The van der Waals surface area contributed by atoms with Crippen LogP contribution in [-0.2, 0) is 16.0 Å². The molecular formula is C14H16Cl2NO4-. The van der Waals surface area contributed by atoms with Gasteiger partial charge in [-0.15, -0.1) is 0 Å². The summed E-state index contributed by atoms with van der Waals surface area (Å²) >= 11 is 11.6. The number of hydrogen-bond donors (Lipinski definition) is 1. The van der Waals surface area contributed by atoms with Gasteiger partial charge in [-0.05, 0) is 44.9 Å². The molecule has 1 amide bonds. The first-order chi connectivity index (χ1) is 9.58. The Kier molecular flexibility index (Phi) is 5.87. The van der Waals surface area contributed by atoms with Crippen molar-refractivity contribution in [1.29, 1.82) is 0 Å². The molecule has 1 aromatic carbocycles. The first kappa shape index (κ1) is 17.6. The van der Waals surface area contributed by atoms with Crippen LogP contribution in [0.2, 0.25) is 10.0 Å². The molecule has 0 bridgehead atoms.